The largest absolute Gasteiger partial charge is 0.454 e. The topological polar surface area (TPSA) is 39.2 Å². The predicted molar refractivity (Wildman–Crippen MR) is 72.2 cm³/mol. The minimum atomic E-state index is -0.369. The number of hydrogen-bond acceptors (Lipinski definition) is 3. The molecule has 0 amide bonds. The maximum Gasteiger partial charge on any atom is 0.340 e. The Labute approximate surface area is 114 Å². The molecule has 1 atom stereocenters. The summed E-state index contributed by atoms with van der Waals surface area (Å²) in [6.45, 7) is 1.85. The number of aromatic nitrogens is 1. The van der Waals surface area contributed by atoms with Crippen LogP contribution in [0.3, 0.4) is 0 Å². The lowest BCUT2D eigenvalue weighted by atomic mass is 10.1. The quantitative estimate of drug-likeness (QED) is 0.640. The van der Waals surface area contributed by atoms with Gasteiger partial charge in [-0.3, -0.25) is 0 Å². The Morgan fingerprint density at radius 2 is 1.94 bits per heavy atom. The average Bonchev–Trinajstić information content (AvgIpc) is 2.40. The monoisotopic (exact) mass is 305 g/mol. The summed E-state index contributed by atoms with van der Waals surface area (Å²) in [6.07, 6.45) is 1.21. The molecule has 0 bridgehead atoms. The first-order chi connectivity index (χ1) is 8.66. The second-order valence-corrected chi connectivity index (χ2v) is 4.64. The third kappa shape index (κ3) is 3.17. The molecule has 0 aliphatic rings. The molecule has 18 heavy (non-hydrogen) atoms. The first-order valence-corrected chi connectivity index (χ1v) is 6.33. The lowest BCUT2D eigenvalue weighted by molar-refractivity contribution is 0.0337. The lowest BCUT2D eigenvalue weighted by Crippen LogP contribution is -2.09. The third-order valence-electron chi connectivity index (χ3n) is 2.52. The van der Waals surface area contributed by atoms with E-state index >= 15 is 0 Å². The van der Waals surface area contributed by atoms with Gasteiger partial charge in [0.05, 0.1) is 5.56 Å². The zero-order chi connectivity index (χ0) is 13.0. The van der Waals surface area contributed by atoms with E-state index in [2.05, 4.69) is 20.9 Å². The molecular weight excluding hydrogens is 294 g/mol. The molecule has 4 heteroatoms. The van der Waals surface area contributed by atoms with Crippen molar-refractivity contribution >= 4 is 21.9 Å². The van der Waals surface area contributed by atoms with Crippen molar-refractivity contribution in [3.8, 4) is 0 Å². The lowest BCUT2D eigenvalue weighted by Gasteiger charge is -2.13. The fourth-order valence-electron chi connectivity index (χ4n) is 1.52. The van der Waals surface area contributed by atoms with Crippen molar-refractivity contribution in [1.82, 2.24) is 4.98 Å². The number of hydrogen-bond donors (Lipinski definition) is 0. The van der Waals surface area contributed by atoms with Crippen molar-refractivity contribution in [1.29, 1.82) is 0 Å². The fraction of sp³-hybridized carbons (Fsp3) is 0.143. The van der Waals surface area contributed by atoms with Crippen molar-refractivity contribution in [2.75, 3.05) is 0 Å². The highest BCUT2D eigenvalue weighted by atomic mass is 79.9. The van der Waals surface area contributed by atoms with Gasteiger partial charge in [-0.2, -0.15) is 0 Å². The summed E-state index contributed by atoms with van der Waals surface area (Å²) >= 11 is 3.22. The minimum absolute atomic E-state index is 0.276. The molecule has 2 aromatic rings. The van der Waals surface area contributed by atoms with Crippen LogP contribution in [0.2, 0.25) is 0 Å². The Morgan fingerprint density at radius 3 is 2.56 bits per heavy atom. The number of carbonyl (C=O) groups excluding carboxylic acids is 1. The van der Waals surface area contributed by atoms with Gasteiger partial charge in [0.25, 0.3) is 0 Å². The van der Waals surface area contributed by atoms with E-state index in [1.54, 1.807) is 12.1 Å². The summed E-state index contributed by atoms with van der Waals surface area (Å²) in [5, 5.41) is 0. The van der Waals surface area contributed by atoms with Crippen LogP contribution in [-0.2, 0) is 4.74 Å². The number of esters is 1. The van der Waals surface area contributed by atoms with Crippen molar-refractivity contribution in [2.45, 2.75) is 13.0 Å². The van der Waals surface area contributed by atoms with E-state index in [0.717, 1.165) is 5.56 Å². The zero-order valence-electron chi connectivity index (χ0n) is 9.84. The van der Waals surface area contributed by atoms with Crippen LogP contribution in [0.25, 0.3) is 0 Å². The Morgan fingerprint density at radius 1 is 1.22 bits per heavy atom. The smallest absolute Gasteiger partial charge is 0.340 e. The van der Waals surface area contributed by atoms with E-state index in [0.29, 0.717) is 10.2 Å². The summed E-state index contributed by atoms with van der Waals surface area (Å²) in [5.41, 5.74) is 1.41. The fourth-order valence-corrected chi connectivity index (χ4v) is 1.75. The van der Waals surface area contributed by atoms with Gasteiger partial charge < -0.3 is 4.74 Å². The molecule has 2 rings (SSSR count). The van der Waals surface area contributed by atoms with E-state index in [1.807, 2.05) is 37.3 Å². The van der Waals surface area contributed by atoms with Crippen molar-refractivity contribution < 1.29 is 9.53 Å². The normalized spacial score (nSPS) is 11.9. The van der Waals surface area contributed by atoms with Crippen LogP contribution in [0.15, 0.2) is 53.3 Å². The van der Waals surface area contributed by atoms with Crippen LogP contribution in [-0.4, -0.2) is 11.0 Å². The number of nitrogens with zero attached hydrogens (tertiary/aromatic N) is 1. The van der Waals surface area contributed by atoms with Gasteiger partial charge in [0, 0.05) is 6.20 Å². The molecule has 1 aromatic heterocycles. The van der Waals surface area contributed by atoms with Crippen molar-refractivity contribution in [3.63, 3.8) is 0 Å². The van der Waals surface area contributed by atoms with Crippen LogP contribution in [0.1, 0.15) is 28.9 Å². The van der Waals surface area contributed by atoms with E-state index in [9.17, 15) is 4.79 Å². The molecule has 0 spiro atoms. The average molecular weight is 306 g/mol. The number of ether oxygens (including phenoxy) is 1. The predicted octanol–water partition coefficient (Wildman–Crippen LogP) is 3.76. The minimum Gasteiger partial charge on any atom is -0.454 e. The van der Waals surface area contributed by atoms with Gasteiger partial charge in [-0.25, -0.2) is 9.78 Å². The third-order valence-corrected chi connectivity index (χ3v) is 2.98. The van der Waals surface area contributed by atoms with Crippen LogP contribution >= 0.6 is 15.9 Å². The van der Waals surface area contributed by atoms with E-state index in [1.165, 1.54) is 6.20 Å². The first kappa shape index (κ1) is 12.8. The molecule has 3 nitrogen and oxygen atoms in total. The maximum atomic E-state index is 11.9. The Balaban J connectivity index is 2.06. The number of rotatable bonds is 3. The van der Waals surface area contributed by atoms with Crippen molar-refractivity contribution in [2.24, 2.45) is 0 Å². The second kappa shape index (κ2) is 5.78. The molecule has 1 aromatic carbocycles. The molecule has 1 heterocycles. The molecule has 1 unspecified atom stereocenters. The summed E-state index contributed by atoms with van der Waals surface area (Å²) in [7, 11) is 0. The SMILES string of the molecule is CC(OC(=O)c1ccc(Br)nc1)c1ccccc1. The number of benzene rings is 1. The molecule has 0 saturated heterocycles. The molecular formula is C14H12BrNO2. The second-order valence-electron chi connectivity index (χ2n) is 3.83. The van der Waals surface area contributed by atoms with Crippen LogP contribution in [0, 0.1) is 0 Å². The summed E-state index contributed by atoms with van der Waals surface area (Å²) < 4.78 is 6.06. The molecule has 0 fully saturated rings. The van der Waals surface area contributed by atoms with Crippen LogP contribution in [0.4, 0.5) is 0 Å². The van der Waals surface area contributed by atoms with Gasteiger partial charge in [0.1, 0.15) is 10.7 Å². The summed E-state index contributed by atoms with van der Waals surface area (Å²) in [5.74, 6) is -0.369. The van der Waals surface area contributed by atoms with Gasteiger partial charge in [0.15, 0.2) is 0 Å². The van der Waals surface area contributed by atoms with E-state index in [-0.39, 0.29) is 12.1 Å². The highest BCUT2D eigenvalue weighted by Crippen LogP contribution is 2.18. The Bertz CT molecular complexity index is 525. The standard InChI is InChI=1S/C14H12BrNO2/c1-10(11-5-3-2-4-6-11)18-14(17)12-7-8-13(15)16-9-12/h2-10H,1H3. The summed E-state index contributed by atoms with van der Waals surface area (Å²) in [4.78, 5) is 15.9. The molecule has 92 valence electrons. The van der Waals surface area contributed by atoms with Gasteiger partial charge in [-0.05, 0) is 40.5 Å². The molecule has 0 aliphatic heterocycles. The van der Waals surface area contributed by atoms with Gasteiger partial charge in [0.2, 0.25) is 0 Å². The van der Waals surface area contributed by atoms with E-state index in [4.69, 9.17) is 4.74 Å². The Kier molecular flexibility index (Phi) is 4.10. The molecule has 0 N–H and O–H groups in total. The molecule has 0 radical (unpaired) electrons. The zero-order valence-corrected chi connectivity index (χ0v) is 11.4. The van der Waals surface area contributed by atoms with Gasteiger partial charge >= 0.3 is 5.97 Å². The first-order valence-electron chi connectivity index (χ1n) is 5.54. The number of pyridine rings is 1. The van der Waals surface area contributed by atoms with Gasteiger partial charge in [-0.1, -0.05) is 30.3 Å². The Hall–Kier alpha value is -1.68. The number of halogens is 1. The maximum absolute atomic E-state index is 11.9. The highest BCUT2D eigenvalue weighted by Gasteiger charge is 2.13. The molecule has 0 saturated carbocycles. The van der Waals surface area contributed by atoms with Crippen molar-refractivity contribution in [3.05, 3.63) is 64.4 Å². The van der Waals surface area contributed by atoms with Gasteiger partial charge in [-0.15, -0.1) is 0 Å². The number of carbonyl (C=O) groups is 1. The highest BCUT2D eigenvalue weighted by molar-refractivity contribution is 9.10. The summed E-state index contributed by atoms with van der Waals surface area (Å²) in [6, 6.07) is 13.0. The van der Waals surface area contributed by atoms with Crippen LogP contribution in [0.5, 0.6) is 0 Å². The van der Waals surface area contributed by atoms with E-state index < -0.39 is 0 Å². The van der Waals surface area contributed by atoms with Crippen LogP contribution < -0.4 is 0 Å². The molecule has 0 aliphatic carbocycles.